The van der Waals surface area contributed by atoms with Gasteiger partial charge in [0.25, 0.3) is 0 Å². The first-order valence-corrected chi connectivity index (χ1v) is 11.6. The highest BCUT2D eigenvalue weighted by Crippen LogP contribution is 2.48. The topological polar surface area (TPSA) is 110 Å². The number of benzene rings is 2. The van der Waals surface area contributed by atoms with E-state index >= 15 is 0 Å². The summed E-state index contributed by atoms with van der Waals surface area (Å²) in [5, 5.41) is 10.1. The number of nitrogens with zero attached hydrogens (tertiary/aromatic N) is 3. The molecule has 0 amide bonds. The van der Waals surface area contributed by atoms with Crippen LogP contribution in [0.3, 0.4) is 0 Å². The van der Waals surface area contributed by atoms with Gasteiger partial charge in [-0.15, -0.1) is 0 Å². The maximum atomic E-state index is 13.4. The number of carbonyl (C=O) groups is 1. The highest BCUT2D eigenvalue weighted by atomic mass is 32.2. The fourth-order valence-corrected chi connectivity index (χ4v) is 4.78. The summed E-state index contributed by atoms with van der Waals surface area (Å²) in [5.41, 5.74) is 8.67. The van der Waals surface area contributed by atoms with Crippen molar-refractivity contribution in [2.45, 2.75) is 19.9 Å². The van der Waals surface area contributed by atoms with Crippen LogP contribution in [-0.2, 0) is 9.53 Å². The van der Waals surface area contributed by atoms with Gasteiger partial charge >= 0.3 is 5.97 Å². The number of esters is 1. The Labute approximate surface area is 202 Å². The number of fused-ring (bicyclic) bond motifs is 1. The van der Waals surface area contributed by atoms with Crippen LogP contribution in [0.25, 0.3) is 5.70 Å². The van der Waals surface area contributed by atoms with Gasteiger partial charge in [0.2, 0.25) is 0 Å². The van der Waals surface area contributed by atoms with E-state index in [1.54, 1.807) is 25.0 Å². The van der Waals surface area contributed by atoms with Crippen molar-refractivity contribution in [3.05, 3.63) is 76.0 Å². The van der Waals surface area contributed by atoms with Gasteiger partial charge in [-0.3, -0.25) is 4.90 Å². The normalized spacial score (nSPS) is 17.2. The van der Waals surface area contributed by atoms with E-state index in [0.717, 1.165) is 11.1 Å². The van der Waals surface area contributed by atoms with Crippen LogP contribution in [0.4, 0.5) is 0 Å². The average molecular weight is 477 g/mol. The van der Waals surface area contributed by atoms with Crippen molar-refractivity contribution in [2.75, 3.05) is 20.3 Å². The molecule has 34 heavy (non-hydrogen) atoms. The third kappa shape index (κ3) is 4.08. The third-order valence-corrected chi connectivity index (χ3v) is 6.31. The van der Waals surface area contributed by atoms with Crippen LogP contribution in [-0.4, -0.2) is 36.4 Å². The molecule has 2 aliphatic rings. The summed E-state index contributed by atoms with van der Waals surface area (Å²) < 4.78 is 16.7. The van der Waals surface area contributed by atoms with Crippen molar-refractivity contribution >= 4 is 28.6 Å². The predicted octanol–water partition coefficient (Wildman–Crippen LogP) is 4.18. The number of nitriles is 1. The van der Waals surface area contributed by atoms with Crippen molar-refractivity contribution in [3.63, 3.8) is 0 Å². The molecule has 2 aromatic rings. The zero-order valence-corrected chi connectivity index (χ0v) is 19.9. The molecule has 0 radical (unpaired) electrons. The van der Waals surface area contributed by atoms with Crippen molar-refractivity contribution in [1.29, 1.82) is 5.26 Å². The van der Waals surface area contributed by atoms with Gasteiger partial charge in [0.15, 0.2) is 16.7 Å². The Kier molecular flexibility index (Phi) is 6.80. The van der Waals surface area contributed by atoms with Crippen molar-refractivity contribution in [2.24, 2.45) is 10.7 Å². The summed E-state index contributed by atoms with van der Waals surface area (Å²) in [6.07, 6.45) is 0. The lowest BCUT2D eigenvalue weighted by Gasteiger charge is -2.35. The molecule has 174 valence electrons. The van der Waals surface area contributed by atoms with Crippen LogP contribution < -0.4 is 15.2 Å². The first kappa shape index (κ1) is 23.3. The minimum Gasteiger partial charge on any atom is -0.493 e. The third-order valence-electron chi connectivity index (χ3n) is 5.33. The number of nitrogens with two attached hydrogens (primary N) is 1. The van der Waals surface area contributed by atoms with Crippen LogP contribution >= 0.6 is 11.8 Å². The molecule has 0 spiro atoms. The summed E-state index contributed by atoms with van der Waals surface area (Å²) >= 11 is 1.18. The number of methoxy groups -OCH3 is 1. The molecular weight excluding hydrogens is 452 g/mol. The maximum absolute atomic E-state index is 13.4. The van der Waals surface area contributed by atoms with E-state index in [9.17, 15) is 10.1 Å². The summed E-state index contributed by atoms with van der Waals surface area (Å²) in [7, 11) is 1.57. The van der Waals surface area contributed by atoms with Crippen LogP contribution in [0.2, 0.25) is 0 Å². The van der Waals surface area contributed by atoms with Gasteiger partial charge in [-0.1, -0.05) is 36.4 Å². The summed E-state index contributed by atoms with van der Waals surface area (Å²) in [4.78, 5) is 20.2. The quantitative estimate of drug-likeness (QED) is 0.593. The van der Waals surface area contributed by atoms with Gasteiger partial charge in [0.1, 0.15) is 16.8 Å². The van der Waals surface area contributed by atoms with E-state index in [2.05, 4.69) is 6.07 Å². The van der Waals surface area contributed by atoms with Crippen LogP contribution in [0.15, 0.2) is 69.8 Å². The first-order valence-electron chi connectivity index (χ1n) is 10.8. The lowest BCUT2D eigenvalue weighted by Crippen LogP contribution is -2.38. The second-order valence-electron chi connectivity index (χ2n) is 7.29. The molecule has 2 aliphatic heterocycles. The standard InChI is InChI=1S/C25H24N4O4S/c1-4-32-18-13-16(11-12-17(18)31-3)22-20(24(30)33-5-2)21(15-9-7-6-8-10-15)28-25-29(22)23(27)19(14-26)34-25/h6-13,22H,4-5,27H2,1-3H3/t22-/m1/s1. The smallest absolute Gasteiger partial charge is 0.338 e. The Hall–Kier alpha value is -3.90. The van der Waals surface area contributed by atoms with E-state index in [4.69, 9.17) is 24.9 Å². The first-order chi connectivity index (χ1) is 16.5. The van der Waals surface area contributed by atoms with Gasteiger partial charge in [-0.05, 0) is 43.3 Å². The second kappa shape index (κ2) is 9.93. The second-order valence-corrected chi connectivity index (χ2v) is 8.26. The van der Waals surface area contributed by atoms with Crippen LogP contribution in [0.5, 0.6) is 11.5 Å². The van der Waals surface area contributed by atoms with E-state index < -0.39 is 12.0 Å². The van der Waals surface area contributed by atoms with Gasteiger partial charge < -0.3 is 19.9 Å². The molecular formula is C25H24N4O4S. The zero-order valence-electron chi connectivity index (χ0n) is 19.1. The highest BCUT2D eigenvalue weighted by Gasteiger charge is 2.44. The lowest BCUT2D eigenvalue weighted by atomic mass is 9.91. The molecule has 2 heterocycles. The fourth-order valence-electron chi connectivity index (χ4n) is 3.91. The predicted molar refractivity (Wildman–Crippen MR) is 131 cm³/mol. The molecule has 0 saturated heterocycles. The SMILES string of the molecule is CCOC(=O)C1=C(c2ccccc2)N=C2SC(C#N)=C(N)N2[C@@H]1c1ccc(OC)c(OCC)c1. The van der Waals surface area contributed by atoms with Crippen molar-refractivity contribution in [1.82, 2.24) is 4.90 Å². The number of rotatable bonds is 7. The molecule has 0 aliphatic carbocycles. The minimum absolute atomic E-state index is 0.198. The monoisotopic (exact) mass is 476 g/mol. The number of hydrogen-bond acceptors (Lipinski definition) is 9. The van der Waals surface area contributed by atoms with Gasteiger partial charge in [0, 0.05) is 5.56 Å². The van der Waals surface area contributed by atoms with E-state index in [1.807, 2.05) is 49.4 Å². The molecule has 0 saturated carbocycles. The molecule has 1 atom stereocenters. The van der Waals surface area contributed by atoms with Gasteiger partial charge in [-0.2, -0.15) is 5.26 Å². The van der Waals surface area contributed by atoms with Crippen molar-refractivity contribution < 1.29 is 19.0 Å². The van der Waals surface area contributed by atoms with Gasteiger partial charge in [-0.25, -0.2) is 9.79 Å². The molecule has 9 heteroatoms. The summed E-state index contributed by atoms with van der Waals surface area (Å²) in [6.45, 7) is 4.27. The molecule has 0 bridgehead atoms. The Morgan fingerprint density at radius 1 is 1.18 bits per heavy atom. The zero-order chi connectivity index (χ0) is 24.2. The van der Waals surface area contributed by atoms with Gasteiger partial charge in [0.05, 0.1) is 37.6 Å². The van der Waals surface area contributed by atoms with E-state index in [0.29, 0.717) is 39.4 Å². The number of ether oxygens (including phenoxy) is 3. The van der Waals surface area contributed by atoms with Crippen LogP contribution in [0.1, 0.15) is 31.0 Å². The van der Waals surface area contributed by atoms with E-state index in [1.165, 1.54) is 11.8 Å². The molecule has 8 nitrogen and oxygen atoms in total. The number of carbonyl (C=O) groups excluding carboxylic acids is 1. The summed E-state index contributed by atoms with van der Waals surface area (Å²) in [6, 6.07) is 16.3. The molecule has 2 N–H and O–H groups in total. The highest BCUT2D eigenvalue weighted by molar-refractivity contribution is 8.17. The number of hydrogen-bond donors (Lipinski definition) is 1. The minimum atomic E-state index is -0.690. The molecule has 4 rings (SSSR count). The molecule has 2 aromatic carbocycles. The maximum Gasteiger partial charge on any atom is 0.338 e. The number of allylic oxidation sites excluding steroid dienone is 1. The van der Waals surface area contributed by atoms with E-state index in [-0.39, 0.29) is 12.4 Å². The Balaban J connectivity index is 2.00. The number of amidine groups is 1. The summed E-state index contributed by atoms with van der Waals surface area (Å²) in [5.74, 6) is 0.827. The molecule has 0 aromatic heterocycles. The Bertz CT molecular complexity index is 1250. The largest absolute Gasteiger partial charge is 0.493 e. The average Bonchev–Trinajstić information content (AvgIpc) is 3.19. The number of thioether (sulfide) groups is 1. The number of aliphatic imine (C=N–C) groups is 1. The Morgan fingerprint density at radius 2 is 1.94 bits per heavy atom. The lowest BCUT2D eigenvalue weighted by molar-refractivity contribution is -0.139. The molecule has 0 unspecified atom stereocenters. The van der Waals surface area contributed by atoms with Crippen molar-refractivity contribution in [3.8, 4) is 17.6 Å². The Morgan fingerprint density at radius 3 is 2.59 bits per heavy atom. The van der Waals surface area contributed by atoms with Crippen LogP contribution in [0, 0.1) is 11.3 Å². The fraction of sp³-hybridized carbons (Fsp3) is 0.240. The molecule has 0 fully saturated rings.